The largest absolute Gasteiger partial charge is 0.383 e. The number of nitrogens with one attached hydrogen (secondary N) is 3. The van der Waals surface area contributed by atoms with Crippen molar-refractivity contribution in [3.05, 3.63) is 58.6 Å². The molecule has 0 saturated carbocycles. The number of carbonyl (C=O) groups excluding carboxylic acids is 2. The minimum Gasteiger partial charge on any atom is -0.383 e. The molecule has 0 radical (unpaired) electrons. The lowest BCUT2D eigenvalue weighted by atomic mass is 10.1. The molecule has 0 aliphatic carbocycles. The Kier molecular flexibility index (Phi) is 8.78. The lowest BCUT2D eigenvalue weighted by Gasteiger charge is -2.11. The van der Waals surface area contributed by atoms with Crippen LogP contribution in [-0.4, -0.2) is 38.6 Å². The van der Waals surface area contributed by atoms with Crippen LogP contribution in [0.4, 0.5) is 11.4 Å². The van der Waals surface area contributed by atoms with Crippen molar-refractivity contribution in [1.82, 2.24) is 5.32 Å². The first-order valence-corrected chi connectivity index (χ1v) is 9.60. The Balaban J connectivity index is 1.85. The van der Waals surface area contributed by atoms with Gasteiger partial charge in [-0.3, -0.25) is 9.59 Å². The van der Waals surface area contributed by atoms with Crippen LogP contribution in [0.15, 0.2) is 42.5 Å². The van der Waals surface area contributed by atoms with Crippen molar-refractivity contribution in [3.8, 4) is 0 Å². The number of hydrogen-bond acceptors (Lipinski definition) is 4. The highest BCUT2D eigenvalue weighted by molar-refractivity contribution is 6.34. The van der Waals surface area contributed by atoms with E-state index in [9.17, 15) is 9.59 Å². The maximum absolute atomic E-state index is 12.1. The average molecular weight is 404 g/mol. The molecule has 0 unspecified atom stereocenters. The van der Waals surface area contributed by atoms with Crippen LogP contribution in [0, 0.1) is 0 Å². The standard InChI is InChI=1S/C21H26ClN3O3/c1-3-4-15-5-7-16(8-6-15)25-20(26)14-24-17-9-10-18(19(22)13-17)21(27)23-11-12-28-2/h5-10,13,24H,3-4,11-12,14H2,1-2H3,(H,23,27)(H,25,26). The van der Waals surface area contributed by atoms with Gasteiger partial charge in [-0.1, -0.05) is 37.1 Å². The number of ether oxygens (including phenoxy) is 1. The molecular weight excluding hydrogens is 378 g/mol. The number of aryl methyl sites for hydroxylation is 1. The minimum absolute atomic E-state index is 0.0897. The third kappa shape index (κ3) is 6.87. The number of anilines is 2. The fourth-order valence-corrected chi connectivity index (χ4v) is 2.87. The van der Waals surface area contributed by atoms with Crippen LogP contribution in [-0.2, 0) is 16.0 Å². The van der Waals surface area contributed by atoms with E-state index >= 15 is 0 Å². The molecule has 0 aliphatic rings. The molecule has 0 aromatic heterocycles. The number of amides is 2. The molecule has 28 heavy (non-hydrogen) atoms. The highest BCUT2D eigenvalue weighted by Crippen LogP contribution is 2.21. The molecule has 7 heteroatoms. The van der Waals surface area contributed by atoms with Crippen LogP contribution >= 0.6 is 11.6 Å². The van der Waals surface area contributed by atoms with E-state index in [1.807, 2.05) is 24.3 Å². The van der Waals surface area contributed by atoms with E-state index < -0.39 is 0 Å². The Hall–Kier alpha value is -2.57. The Labute approximate surface area is 170 Å². The summed E-state index contributed by atoms with van der Waals surface area (Å²) < 4.78 is 4.90. The summed E-state index contributed by atoms with van der Waals surface area (Å²) in [5, 5.41) is 8.88. The Morgan fingerprint density at radius 3 is 2.43 bits per heavy atom. The van der Waals surface area contributed by atoms with Crippen LogP contribution < -0.4 is 16.0 Å². The molecule has 0 spiro atoms. The first-order chi connectivity index (χ1) is 13.5. The van der Waals surface area contributed by atoms with Crippen LogP contribution in [0.2, 0.25) is 5.02 Å². The van der Waals surface area contributed by atoms with Gasteiger partial charge < -0.3 is 20.7 Å². The van der Waals surface area contributed by atoms with Crippen molar-refractivity contribution >= 4 is 34.8 Å². The minimum atomic E-state index is -0.266. The van der Waals surface area contributed by atoms with Crippen molar-refractivity contribution in [2.24, 2.45) is 0 Å². The van der Waals surface area contributed by atoms with Crippen molar-refractivity contribution < 1.29 is 14.3 Å². The second-order valence-corrected chi connectivity index (χ2v) is 6.70. The van der Waals surface area contributed by atoms with Gasteiger partial charge in [0, 0.05) is 25.0 Å². The van der Waals surface area contributed by atoms with Gasteiger partial charge >= 0.3 is 0 Å². The summed E-state index contributed by atoms with van der Waals surface area (Å²) in [5.41, 5.74) is 3.04. The van der Waals surface area contributed by atoms with Crippen molar-refractivity contribution in [1.29, 1.82) is 0 Å². The molecule has 2 rings (SSSR count). The van der Waals surface area contributed by atoms with E-state index in [-0.39, 0.29) is 18.4 Å². The number of hydrogen-bond donors (Lipinski definition) is 3. The molecular formula is C21H26ClN3O3. The van der Waals surface area contributed by atoms with E-state index in [0.717, 1.165) is 18.5 Å². The van der Waals surface area contributed by atoms with Crippen molar-refractivity contribution in [3.63, 3.8) is 0 Å². The molecule has 0 bridgehead atoms. The Morgan fingerprint density at radius 1 is 1.07 bits per heavy atom. The third-order valence-corrected chi connectivity index (χ3v) is 4.35. The van der Waals surface area contributed by atoms with Crippen molar-refractivity contribution in [2.75, 3.05) is 37.4 Å². The second kappa shape index (κ2) is 11.3. The molecule has 2 aromatic rings. The summed E-state index contributed by atoms with van der Waals surface area (Å²) in [5.74, 6) is -0.432. The Bertz CT molecular complexity index is 794. The first kappa shape index (κ1) is 21.7. The van der Waals surface area contributed by atoms with E-state index in [0.29, 0.717) is 29.4 Å². The SMILES string of the molecule is CCCc1ccc(NC(=O)CNc2ccc(C(=O)NCCOC)c(Cl)c2)cc1. The molecule has 0 fully saturated rings. The predicted octanol–water partition coefficient (Wildman–Crippen LogP) is 3.72. The maximum Gasteiger partial charge on any atom is 0.252 e. The van der Waals surface area contributed by atoms with Gasteiger partial charge in [0.15, 0.2) is 0 Å². The zero-order chi connectivity index (χ0) is 20.4. The first-order valence-electron chi connectivity index (χ1n) is 9.22. The van der Waals surface area contributed by atoms with Gasteiger partial charge in [-0.25, -0.2) is 0 Å². The summed E-state index contributed by atoms with van der Waals surface area (Å²) in [7, 11) is 1.57. The zero-order valence-corrected chi connectivity index (χ0v) is 16.9. The molecule has 2 aromatic carbocycles. The van der Waals surface area contributed by atoms with Gasteiger partial charge in [-0.15, -0.1) is 0 Å². The van der Waals surface area contributed by atoms with Gasteiger partial charge in [0.25, 0.3) is 5.91 Å². The summed E-state index contributed by atoms with van der Waals surface area (Å²) in [6.45, 7) is 3.06. The van der Waals surface area contributed by atoms with E-state index in [1.165, 1.54) is 5.56 Å². The molecule has 150 valence electrons. The zero-order valence-electron chi connectivity index (χ0n) is 16.2. The molecule has 0 aliphatic heterocycles. The summed E-state index contributed by atoms with van der Waals surface area (Å²) in [6.07, 6.45) is 2.11. The fourth-order valence-electron chi connectivity index (χ4n) is 2.60. The maximum atomic E-state index is 12.1. The number of methoxy groups -OCH3 is 1. The fraction of sp³-hybridized carbons (Fsp3) is 0.333. The topological polar surface area (TPSA) is 79.5 Å². The third-order valence-electron chi connectivity index (χ3n) is 4.03. The monoisotopic (exact) mass is 403 g/mol. The predicted molar refractivity (Wildman–Crippen MR) is 113 cm³/mol. The van der Waals surface area contributed by atoms with Gasteiger partial charge in [-0.2, -0.15) is 0 Å². The van der Waals surface area contributed by atoms with E-state index in [1.54, 1.807) is 25.3 Å². The lowest BCUT2D eigenvalue weighted by molar-refractivity contribution is -0.114. The molecule has 0 atom stereocenters. The summed E-state index contributed by atoms with van der Waals surface area (Å²) >= 11 is 6.19. The number of halogens is 1. The summed E-state index contributed by atoms with van der Waals surface area (Å²) in [4.78, 5) is 24.2. The highest BCUT2D eigenvalue weighted by Gasteiger charge is 2.11. The smallest absolute Gasteiger partial charge is 0.252 e. The average Bonchev–Trinajstić information content (AvgIpc) is 2.68. The highest BCUT2D eigenvalue weighted by atomic mass is 35.5. The summed E-state index contributed by atoms with van der Waals surface area (Å²) in [6, 6.07) is 12.8. The van der Waals surface area contributed by atoms with Gasteiger partial charge in [0.1, 0.15) is 0 Å². The second-order valence-electron chi connectivity index (χ2n) is 6.29. The number of rotatable bonds is 10. The molecule has 3 N–H and O–H groups in total. The van der Waals surface area contributed by atoms with Gasteiger partial charge in [-0.05, 0) is 42.3 Å². The lowest BCUT2D eigenvalue weighted by Crippen LogP contribution is -2.27. The number of benzene rings is 2. The molecule has 0 heterocycles. The van der Waals surface area contributed by atoms with Crippen LogP contribution in [0.1, 0.15) is 29.3 Å². The molecule has 6 nitrogen and oxygen atoms in total. The quantitative estimate of drug-likeness (QED) is 0.528. The van der Waals surface area contributed by atoms with Crippen LogP contribution in [0.5, 0.6) is 0 Å². The molecule has 2 amide bonds. The van der Waals surface area contributed by atoms with E-state index in [2.05, 4.69) is 22.9 Å². The van der Waals surface area contributed by atoms with Crippen LogP contribution in [0.3, 0.4) is 0 Å². The van der Waals surface area contributed by atoms with Crippen molar-refractivity contribution in [2.45, 2.75) is 19.8 Å². The van der Waals surface area contributed by atoms with Crippen LogP contribution in [0.25, 0.3) is 0 Å². The van der Waals surface area contributed by atoms with Gasteiger partial charge in [0.2, 0.25) is 5.91 Å². The van der Waals surface area contributed by atoms with E-state index in [4.69, 9.17) is 16.3 Å². The normalized spacial score (nSPS) is 10.4. The Morgan fingerprint density at radius 2 is 1.79 bits per heavy atom. The number of carbonyl (C=O) groups is 2. The molecule has 0 saturated heterocycles. The van der Waals surface area contributed by atoms with Gasteiger partial charge in [0.05, 0.1) is 23.7 Å².